The van der Waals surface area contributed by atoms with Gasteiger partial charge in [0.1, 0.15) is 5.75 Å². The fraction of sp³-hybridized carbons (Fsp3) is 0.200. The second-order valence-corrected chi connectivity index (χ2v) is 4.47. The zero-order valence-electron chi connectivity index (χ0n) is 11.4. The van der Waals surface area contributed by atoms with Crippen LogP contribution >= 0.6 is 0 Å². The van der Waals surface area contributed by atoms with Crippen LogP contribution in [0.1, 0.15) is 5.56 Å². The van der Waals surface area contributed by atoms with E-state index >= 15 is 0 Å². The molecule has 0 saturated carbocycles. The van der Waals surface area contributed by atoms with Crippen molar-refractivity contribution in [2.75, 3.05) is 5.32 Å². The summed E-state index contributed by atoms with van der Waals surface area (Å²) >= 11 is 0. The largest absolute Gasteiger partial charge is 0.433 e. The van der Waals surface area contributed by atoms with Crippen molar-refractivity contribution in [1.82, 2.24) is 0 Å². The average molecular weight is 293 g/mol. The van der Waals surface area contributed by atoms with Gasteiger partial charge in [-0.3, -0.25) is 4.79 Å². The van der Waals surface area contributed by atoms with Gasteiger partial charge in [-0.25, -0.2) is 0 Å². The highest BCUT2D eigenvalue weighted by atomic mass is 19.3. The standard InChI is InChI=1S/C15H14F2N2O2/c1-11-6-8-19(9-7-11)10-14(20)18-12-4-2-3-5-13(12)21-15(16)17/h2-9,15H,10H2,1H3/p+1. The van der Waals surface area contributed by atoms with E-state index in [4.69, 9.17) is 0 Å². The molecule has 0 atom stereocenters. The van der Waals surface area contributed by atoms with Crippen molar-refractivity contribution >= 4 is 11.6 Å². The molecule has 4 nitrogen and oxygen atoms in total. The van der Waals surface area contributed by atoms with Gasteiger partial charge in [-0.15, -0.1) is 0 Å². The number of pyridine rings is 1. The number of nitrogens with zero attached hydrogens (tertiary/aromatic N) is 1. The van der Waals surface area contributed by atoms with Gasteiger partial charge in [0, 0.05) is 12.1 Å². The smallest absolute Gasteiger partial charge is 0.387 e. The number of hydrogen-bond acceptors (Lipinski definition) is 2. The van der Waals surface area contributed by atoms with Gasteiger partial charge in [0.15, 0.2) is 12.4 Å². The first-order valence-corrected chi connectivity index (χ1v) is 6.34. The highest BCUT2D eigenvalue weighted by Crippen LogP contribution is 2.25. The van der Waals surface area contributed by atoms with Crippen LogP contribution in [0, 0.1) is 6.92 Å². The maximum absolute atomic E-state index is 12.3. The van der Waals surface area contributed by atoms with E-state index < -0.39 is 6.61 Å². The molecule has 0 saturated heterocycles. The summed E-state index contributed by atoms with van der Waals surface area (Å²) in [6.07, 6.45) is 3.55. The second-order valence-electron chi connectivity index (χ2n) is 4.47. The Balaban J connectivity index is 2.04. The Labute approximate surface area is 121 Å². The Hall–Kier alpha value is -2.50. The molecule has 0 radical (unpaired) electrons. The van der Waals surface area contributed by atoms with E-state index in [0.29, 0.717) is 0 Å². The van der Waals surface area contributed by atoms with Crippen molar-refractivity contribution in [1.29, 1.82) is 0 Å². The third-order valence-corrected chi connectivity index (χ3v) is 2.76. The van der Waals surface area contributed by atoms with Crippen LogP contribution < -0.4 is 14.6 Å². The van der Waals surface area contributed by atoms with Crippen LogP contribution in [0.2, 0.25) is 0 Å². The van der Waals surface area contributed by atoms with Gasteiger partial charge in [0.05, 0.1) is 5.69 Å². The summed E-state index contributed by atoms with van der Waals surface area (Å²) in [5.74, 6) is -0.385. The maximum Gasteiger partial charge on any atom is 0.387 e. The monoisotopic (exact) mass is 293 g/mol. The molecule has 1 aromatic heterocycles. The third kappa shape index (κ3) is 4.52. The van der Waals surface area contributed by atoms with E-state index in [1.54, 1.807) is 29.1 Å². The number of alkyl halides is 2. The van der Waals surface area contributed by atoms with Gasteiger partial charge in [0.2, 0.25) is 6.54 Å². The van der Waals surface area contributed by atoms with Gasteiger partial charge in [-0.2, -0.15) is 13.3 Å². The van der Waals surface area contributed by atoms with Crippen molar-refractivity contribution in [3.05, 3.63) is 54.4 Å². The Bertz CT molecular complexity index is 615. The fourth-order valence-electron chi connectivity index (χ4n) is 1.76. The van der Waals surface area contributed by atoms with Crippen LogP contribution in [0.25, 0.3) is 0 Å². The number of nitrogens with one attached hydrogen (secondary N) is 1. The van der Waals surface area contributed by atoms with Crippen molar-refractivity contribution < 1.29 is 22.9 Å². The fourth-order valence-corrected chi connectivity index (χ4v) is 1.76. The van der Waals surface area contributed by atoms with Crippen molar-refractivity contribution in [2.24, 2.45) is 0 Å². The van der Waals surface area contributed by atoms with Gasteiger partial charge in [-0.1, -0.05) is 12.1 Å². The Morgan fingerprint density at radius 2 is 1.90 bits per heavy atom. The molecule has 0 aliphatic rings. The Kier molecular flexibility index (Phi) is 4.81. The first kappa shape index (κ1) is 14.9. The van der Waals surface area contributed by atoms with E-state index in [1.807, 2.05) is 19.1 Å². The number of anilines is 1. The molecule has 6 heteroatoms. The lowest BCUT2D eigenvalue weighted by molar-refractivity contribution is -0.684. The molecular weight excluding hydrogens is 278 g/mol. The van der Waals surface area contributed by atoms with E-state index in [2.05, 4.69) is 10.1 Å². The zero-order chi connectivity index (χ0) is 15.2. The second kappa shape index (κ2) is 6.78. The molecule has 2 rings (SSSR count). The number of aromatic nitrogens is 1. The summed E-state index contributed by atoms with van der Waals surface area (Å²) in [6.45, 7) is -0.902. The molecule has 1 amide bonds. The molecular formula is C15H15F2N2O2+. The predicted molar refractivity (Wildman–Crippen MR) is 73.1 cm³/mol. The summed E-state index contributed by atoms with van der Waals surface area (Å²) in [6, 6.07) is 9.83. The average Bonchev–Trinajstić information content (AvgIpc) is 2.43. The molecule has 1 heterocycles. The number of hydrogen-bond donors (Lipinski definition) is 1. The van der Waals surface area contributed by atoms with E-state index in [1.165, 1.54) is 12.1 Å². The molecule has 0 fully saturated rings. The first-order valence-electron chi connectivity index (χ1n) is 6.34. The minimum absolute atomic E-state index is 0.0604. The molecule has 0 aliphatic carbocycles. The van der Waals surface area contributed by atoms with Crippen LogP contribution in [0.5, 0.6) is 5.75 Å². The number of rotatable bonds is 5. The molecule has 0 aliphatic heterocycles. The summed E-state index contributed by atoms with van der Waals surface area (Å²) in [7, 11) is 0. The number of carbonyl (C=O) groups excluding carboxylic acids is 1. The molecule has 2 aromatic rings. The molecule has 0 unspecified atom stereocenters. The van der Waals surface area contributed by atoms with Crippen LogP contribution in [0.15, 0.2) is 48.8 Å². The summed E-state index contributed by atoms with van der Waals surface area (Å²) < 4.78 is 30.6. The Morgan fingerprint density at radius 1 is 1.24 bits per heavy atom. The third-order valence-electron chi connectivity index (χ3n) is 2.76. The van der Waals surface area contributed by atoms with Crippen molar-refractivity contribution in [2.45, 2.75) is 20.1 Å². The molecule has 110 valence electrons. The molecule has 21 heavy (non-hydrogen) atoms. The maximum atomic E-state index is 12.3. The topological polar surface area (TPSA) is 42.2 Å². The van der Waals surface area contributed by atoms with Crippen LogP contribution in [0.4, 0.5) is 14.5 Å². The Morgan fingerprint density at radius 3 is 2.57 bits per heavy atom. The summed E-state index contributed by atoms with van der Waals surface area (Å²) in [5.41, 5.74) is 1.30. The van der Waals surface area contributed by atoms with Crippen molar-refractivity contribution in [3.8, 4) is 5.75 Å². The summed E-state index contributed by atoms with van der Waals surface area (Å²) in [5, 5.41) is 2.56. The lowest BCUT2D eigenvalue weighted by atomic mass is 10.3. The van der Waals surface area contributed by atoms with Gasteiger partial charge in [0.25, 0.3) is 5.91 Å². The number of ether oxygens (including phenoxy) is 1. The first-order chi connectivity index (χ1) is 10.0. The number of benzene rings is 1. The van der Waals surface area contributed by atoms with Gasteiger partial charge >= 0.3 is 6.61 Å². The highest BCUT2D eigenvalue weighted by molar-refractivity contribution is 5.91. The highest BCUT2D eigenvalue weighted by Gasteiger charge is 2.14. The minimum Gasteiger partial charge on any atom is -0.433 e. The normalized spacial score (nSPS) is 10.5. The molecule has 0 bridgehead atoms. The number of aryl methyl sites for hydroxylation is 1. The van der Waals surface area contributed by atoms with Crippen molar-refractivity contribution in [3.63, 3.8) is 0 Å². The number of amides is 1. The summed E-state index contributed by atoms with van der Waals surface area (Å²) in [4.78, 5) is 11.9. The van der Waals surface area contributed by atoms with Gasteiger partial charge in [-0.05, 0) is 24.6 Å². The predicted octanol–water partition coefficient (Wildman–Crippen LogP) is 2.52. The lowest BCUT2D eigenvalue weighted by Crippen LogP contribution is -2.39. The SMILES string of the molecule is Cc1cc[n+](CC(=O)Nc2ccccc2OC(F)F)cc1. The number of carbonyl (C=O) groups is 1. The molecule has 0 spiro atoms. The van der Waals surface area contributed by atoms with E-state index in [0.717, 1.165) is 5.56 Å². The lowest BCUT2D eigenvalue weighted by Gasteiger charge is -2.10. The van der Waals surface area contributed by atoms with E-state index in [-0.39, 0.29) is 23.9 Å². The van der Waals surface area contributed by atoms with Crippen LogP contribution in [0.3, 0.4) is 0 Å². The van der Waals surface area contributed by atoms with Crippen LogP contribution in [-0.4, -0.2) is 12.5 Å². The molecule has 1 N–H and O–H groups in total. The number of para-hydroxylation sites is 2. The minimum atomic E-state index is -2.94. The quantitative estimate of drug-likeness (QED) is 0.861. The van der Waals surface area contributed by atoms with Crippen LogP contribution in [-0.2, 0) is 11.3 Å². The van der Waals surface area contributed by atoms with E-state index in [9.17, 15) is 13.6 Å². The molecule has 1 aromatic carbocycles. The number of halogens is 2. The van der Waals surface area contributed by atoms with Gasteiger partial charge < -0.3 is 10.1 Å². The zero-order valence-corrected chi connectivity index (χ0v) is 11.4.